The van der Waals surface area contributed by atoms with Gasteiger partial charge >= 0.3 is 12.1 Å². The van der Waals surface area contributed by atoms with Gasteiger partial charge in [0.15, 0.2) is 11.5 Å². The summed E-state index contributed by atoms with van der Waals surface area (Å²) >= 11 is 0. The Morgan fingerprint density at radius 2 is 1.56 bits per heavy atom. The van der Waals surface area contributed by atoms with Crippen molar-refractivity contribution in [3.8, 4) is 11.5 Å². The molecule has 1 aromatic carbocycles. The number of carbonyl (C=O) groups excluding carboxylic acids is 2. The molecule has 3 N–H and O–H groups in total. The van der Waals surface area contributed by atoms with Crippen LogP contribution in [0.1, 0.15) is 47.1 Å². The molecule has 7 nitrogen and oxygen atoms in total. The Kier molecular flexibility index (Phi) is 6.29. The summed E-state index contributed by atoms with van der Waals surface area (Å²) in [7, 11) is 0. The van der Waals surface area contributed by atoms with Crippen molar-refractivity contribution >= 4 is 12.1 Å². The van der Waals surface area contributed by atoms with Crippen molar-refractivity contribution in [3.05, 3.63) is 23.8 Å². The summed E-state index contributed by atoms with van der Waals surface area (Å²) in [5, 5.41) is 21.5. The van der Waals surface area contributed by atoms with E-state index in [1.54, 1.807) is 47.6 Å². The molecule has 1 rings (SSSR count). The lowest BCUT2D eigenvalue weighted by atomic mass is 10.0. The van der Waals surface area contributed by atoms with Crippen molar-refractivity contribution in [2.45, 2.75) is 65.2 Å². The minimum atomic E-state index is -1.00. The van der Waals surface area contributed by atoms with Gasteiger partial charge in [0.25, 0.3) is 0 Å². The van der Waals surface area contributed by atoms with Gasteiger partial charge in [-0.25, -0.2) is 9.59 Å². The van der Waals surface area contributed by atoms with Gasteiger partial charge in [0.1, 0.15) is 17.2 Å². The molecule has 0 saturated carbocycles. The number of rotatable bonds is 4. The van der Waals surface area contributed by atoms with Gasteiger partial charge < -0.3 is 25.0 Å². The predicted octanol–water partition coefficient (Wildman–Crippen LogP) is 2.88. The van der Waals surface area contributed by atoms with E-state index in [4.69, 9.17) is 9.47 Å². The number of aromatic hydroxyl groups is 2. The molecule has 25 heavy (non-hydrogen) atoms. The molecule has 0 fully saturated rings. The average molecular weight is 353 g/mol. The maximum absolute atomic E-state index is 12.4. The molecule has 1 atom stereocenters. The predicted molar refractivity (Wildman–Crippen MR) is 92.5 cm³/mol. The number of phenolic OH excluding ortho intramolecular Hbond substituents is 2. The Balaban J connectivity index is 2.95. The number of alkyl carbamates (subject to hydrolysis) is 1. The van der Waals surface area contributed by atoms with Gasteiger partial charge in [-0.2, -0.15) is 0 Å². The van der Waals surface area contributed by atoms with Gasteiger partial charge in [0, 0.05) is 6.42 Å². The van der Waals surface area contributed by atoms with Crippen LogP contribution in [-0.4, -0.2) is 39.5 Å². The number of esters is 1. The molecule has 1 amide bonds. The molecule has 0 heterocycles. The zero-order valence-corrected chi connectivity index (χ0v) is 15.5. The fourth-order valence-electron chi connectivity index (χ4n) is 1.95. The lowest BCUT2D eigenvalue weighted by molar-refractivity contribution is -0.157. The second kappa shape index (κ2) is 7.63. The Labute approximate surface area is 147 Å². The van der Waals surface area contributed by atoms with E-state index in [-0.39, 0.29) is 17.9 Å². The normalized spacial score (nSPS) is 13.0. The highest BCUT2D eigenvalue weighted by molar-refractivity contribution is 5.82. The molecule has 0 aliphatic carbocycles. The van der Waals surface area contributed by atoms with Gasteiger partial charge in [0.05, 0.1) is 0 Å². The smallest absolute Gasteiger partial charge is 0.408 e. The van der Waals surface area contributed by atoms with Gasteiger partial charge in [-0.15, -0.1) is 0 Å². The summed E-state index contributed by atoms with van der Waals surface area (Å²) < 4.78 is 10.5. The van der Waals surface area contributed by atoms with Crippen molar-refractivity contribution in [1.29, 1.82) is 0 Å². The number of nitrogens with one attached hydrogen (secondary N) is 1. The molecule has 0 unspecified atom stereocenters. The number of benzene rings is 1. The molecule has 0 aromatic heterocycles. The molecule has 0 radical (unpaired) electrons. The molecule has 0 aliphatic heterocycles. The van der Waals surface area contributed by atoms with Gasteiger partial charge in [-0.3, -0.25) is 0 Å². The van der Waals surface area contributed by atoms with E-state index in [9.17, 15) is 19.8 Å². The van der Waals surface area contributed by atoms with Crippen LogP contribution >= 0.6 is 0 Å². The van der Waals surface area contributed by atoms with E-state index in [1.165, 1.54) is 12.1 Å². The van der Waals surface area contributed by atoms with Crippen LogP contribution in [0.3, 0.4) is 0 Å². The third kappa shape index (κ3) is 7.78. The Bertz CT molecular complexity index is 627. The number of phenols is 2. The van der Waals surface area contributed by atoms with Crippen LogP contribution in [0.5, 0.6) is 11.5 Å². The topological polar surface area (TPSA) is 105 Å². The summed E-state index contributed by atoms with van der Waals surface area (Å²) in [5.74, 6) is -1.19. The Morgan fingerprint density at radius 1 is 1.00 bits per heavy atom. The van der Waals surface area contributed by atoms with Crippen LogP contribution < -0.4 is 5.32 Å². The highest BCUT2D eigenvalue weighted by Gasteiger charge is 2.29. The molecule has 0 bridgehead atoms. The lowest BCUT2D eigenvalue weighted by Gasteiger charge is -2.26. The molecule has 0 saturated heterocycles. The van der Waals surface area contributed by atoms with Gasteiger partial charge in [-0.05, 0) is 59.2 Å². The van der Waals surface area contributed by atoms with E-state index >= 15 is 0 Å². The maximum atomic E-state index is 12.4. The van der Waals surface area contributed by atoms with E-state index in [2.05, 4.69) is 5.32 Å². The highest BCUT2D eigenvalue weighted by atomic mass is 16.6. The largest absolute Gasteiger partial charge is 0.504 e. The van der Waals surface area contributed by atoms with Crippen molar-refractivity contribution in [3.63, 3.8) is 0 Å². The first kappa shape index (κ1) is 20.6. The van der Waals surface area contributed by atoms with E-state index in [0.717, 1.165) is 0 Å². The Morgan fingerprint density at radius 3 is 2.04 bits per heavy atom. The molecular formula is C18H27NO6. The van der Waals surface area contributed by atoms with E-state index < -0.39 is 29.3 Å². The summed E-state index contributed by atoms with van der Waals surface area (Å²) in [6.07, 6.45) is -0.673. The van der Waals surface area contributed by atoms with Crippen LogP contribution in [0.25, 0.3) is 0 Å². The number of carbonyl (C=O) groups is 2. The number of hydrogen-bond donors (Lipinski definition) is 3. The molecule has 1 aromatic rings. The summed E-state index contributed by atoms with van der Waals surface area (Å²) in [4.78, 5) is 24.4. The number of ether oxygens (including phenoxy) is 2. The minimum absolute atomic E-state index is 0.0714. The van der Waals surface area contributed by atoms with Crippen molar-refractivity contribution in [1.82, 2.24) is 5.32 Å². The maximum Gasteiger partial charge on any atom is 0.408 e. The van der Waals surface area contributed by atoms with Crippen molar-refractivity contribution in [2.75, 3.05) is 0 Å². The summed E-state index contributed by atoms with van der Waals surface area (Å²) in [6, 6.07) is 3.18. The number of amides is 1. The first-order valence-corrected chi connectivity index (χ1v) is 8.00. The third-order valence-corrected chi connectivity index (χ3v) is 2.86. The van der Waals surface area contributed by atoms with Crippen molar-refractivity contribution < 1.29 is 29.3 Å². The molecule has 0 spiro atoms. The van der Waals surface area contributed by atoms with Crippen LogP contribution in [-0.2, 0) is 20.7 Å². The number of hydrogen-bond acceptors (Lipinski definition) is 6. The van der Waals surface area contributed by atoms with Gasteiger partial charge in [-0.1, -0.05) is 6.07 Å². The third-order valence-electron chi connectivity index (χ3n) is 2.86. The second-order valence-corrected chi connectivity index (χ2v) is 7.76. The highest BCUT2D eigenvalue weighted by Crippen LogP contribution is 2.25. The quantitative estimate of drug-likeness (QED) is 0.568. The first-order valence-electron chi connectivity index (χ1n) is 8.00. The van der Waals surface area contributed by atoms with Crippen LogP contribution in [0.4, 0.5) is 4.79 Å². The van der Waals surface area contributed by atoms with Crippen LogP contribution in [0.2, 0.25) is 0 Å². The zero-order valence-electron chi connectivity index (χ0n) is 15.5. The minimum Gasteiger partial charge on any atom is -0.504 e. The second-order valence-electron chi connectivity index (χ2n) is 7.76. The fourth-order valence-corrected chi connectivity index (χ4v) is 1.95. The molecule has 140 valence electrons. The summed E-state index contributed by atoms with van der Waals surface area (Å²) in [5.41, 5.74) is -0.885. The molecule has 7 heteroatoms. The van der Waals surface area contributed by atoms with E-state index in [0.29, 0.717) is 5.56 Å². The van der Waals surface area contributed by atoms with Crippen LogP contribution in [0, 0.1) is 0 Å². The molecular weight excluding hydrogens is 326 g/mol. The lowest BCUT2D eigenvalue weighted by Crippen LogP contribution is -2.47. The first-order chi connectivity index (χ1) is 11.3. The van der Waals surface area contributed by atoms with Gasteiger partial charge in [0.2, 0.25) is 0 Å². The summed E-state index contributed by atoms with van der Waals surface area (Å²) in [6.45, 7) is 10.3. The standard InChI is InChI=1S/C18H27NO6/c1-17(2,3)24-15(22)12(19-16(23)25-18(4,5)6)9-11-7-8-13(20)14(21)10-11/h7-8,10,12,20-21H,9H2,1-6H3,(H,19,23)/t12-/m0/s1. The molecule has 0 aliphatic rings. The fraction of sp³-hybridized carbons (Fsp3) is 0.556. The van der Waals surface area contributed by atoms with Crippen molar-refractivity contribution in [2.24, 2.45) is 0 Å². The zero-order chi connectivity index (χ0) is 19.4. The Hall–Kier alpha value is -2.44. The van der Waals surface area contributed by atoms with E-state index in [1.807, 2.05) is 0 Å². The monoisotopic (exact) mass is 353 g/mol. The average Bonchev–Trinajstić information content (AvgIpc) is 2.38. The SMILES string of the molecule is CC(C)(C)OC(=O)N[C@@H](Cc1ccc(O)c(O)c1)C(=O)OC(C)(C)C. The van der Waals surface area contributed by atoms with Crippen LogP contribution in [0.15, 0.2) is 18.2 Å².